The molecule has 1 saturated carbocycles. The molecule has 0 bridgehead atoms. The van der Waals surface area contributed by atoms with E-state index in [1.807, 2.05) is 24.4 Å². The normalized spacial score (nSPS) is 22.6. The molecule has 5 aliphatic rings. The number of aromatic nitrogens is 4. The molecule has 0 spiro atoms. The Kier molecular flexibility index (Phi) is 10.7. The number of rotatable bonds is 10. The first kappa shape index (κ1) is 38.2. The number of fused-ring (bicyclic) bond motifs is 2. The van der Waals surface area contributed by atoms with Crippen molar-refractivity contribution in [2.24, 2.45) is 0 Å². The fourth-order valence-electron chi connectivity index (χ4n) is 10.1. The van der Waals surface area contributed by atoms with Crippen molar-refractivity contribution < 1.29 is 9.59 Å². The maximum atomic E-state index is 12.7. The van der Waals surface area contributed by atoms with Gasteiger partial charge >= 0.3 is 0 Å². The Morgan fingerprint density at radius 1 is 0.763 bits per heavy atom. The number of anilines is 5. The summed E-state index contributed by atoms with van der Waals surface area (Å²) in [6, 6.07) is 26.1. The van der Waals surface area contributed by atoms with Gasteiger partial charge in [0.15, 0.2) is 5.65 Å². The van der Waals surface area contributed by atoms with Crippen molar-refractivity contribution in [3.8, 4) is 0 Å². The first-order valence-corrected chi connectivity index (χ1v) is 22.0. The molecule has 0 radical (unpaired) electrons. The van der Waals surface area contributed by atoms with Crippen LogP contribution in [-0.4, -0.2) is 97.4 Å². The van der Waals surface area contributed by atoms with Crippen LogP contribution in [0.3, 0.4) is 0 Å². The van der Waals surface area contributed by atoms with E-state index in [2.05, 4.69) is 99.7 Å². The number of imide groups is 1. The number of piperidine rings is 2. The van der Waals surface area contributed by atoms with E-state index in [1.54, 1.807) is 0 Å². The molecule has 2 aromatic heterocycles. The second kappa shape index (κ2) is 16.6. The molecule has 4 aliphatic heterocycles. The van der Waals surface area contributed by atoms with Gasteiger partial charge in [0.2, 0.25) is 23.7 Å². The highest BCUT2D eigenvalue weighted by Gasteiger charge is 2.40. The molecule has 3 N–H and O–H groups in total. The largest absolute Gasteiger partial charge is 0.371 e. The number of piperazine rings is 1. The second-order valence-electron chi connectivity index (χ2n) is 16.8. The summed E-state index contributed by atoms with van der Waals surface area (Å²) in [4.78, 5) is 49.0. The van der Waals surface area contributed by atoms with Crippen molar-refractivity contribution in [1.82, 2.24) is 39.5 Å². The van der Waals surface area contributed by atoms with E-state index in [4.69, 9.17) is 22.6 Å². The summed E-state index contributed by atoms with van der Waals surface area (Å²) >= 11 is 4.94. The fourth-order valence-corrected chi connectivity index (χ4v) is 10.5. The number of hydrogen-bond donors (Lipinski definition) is 4. The van der Waals surface area contributed by atoms with Crippen molar-refractivity contribution in [2.75, 3.05) is 54.8 Å². The van der Waals surface area contributed by atoms with Crippen molar-refractivity contribution in [1.29, 1.82) is 0 Å². The van der Waals surface area contributed by atoms with Crippen LogP contribution in [0.25, 0.3) is 11.2 Å². The Morgan fingerprint density at radius 3 is 2.29 bits per heavy atom. The Hall–Kier alpha value is -5.02. The molecule has 2 unspecified atom stereocenters. The Bertz CT molecular complexity index is 2300. The third kappa shape index (κ3) is 7.90. The van der Waals surface area contributed by atoms with Gasteiger partial charge in [0.25, 0.3) is 0 Å². The fraction of sp³-hybridized carbons (Fsp3) is 0.444. The molecule has 4 fully saturated rings. The van der Waals surface area contributed by atoms with E-state index >= 15 is 0 Å². The molecule has 14 heteroatoms. The van der Waals surface area contributed by atoms with Crippen LogP contribution in [0.2, 0.25) is 0 Å². The highest BCUT2D eigenvalue weighted by molar-refractivity contribution is 7.80. The predicted molar refractivity (Wildman–Crippen MR) is 234 cm³/mol. The van der Waals surface area contributed by atoms with Crippen LogP contribution < -0.4 is 20.9 Å². The zero-order valence-corrected chi connectivity index (χ0v) is 34.4. The zero-order chi connectivity index (χ0) is 39.9. The minimum atomic E-state index is -0.320. The number of hydrogen-bond acceptors (Lipinski definition) is 12. The molecular weight excluding hydrogens is 759 g/mol. The van der Waals surface area contributed by atoms with Gasteiger partial charge in [-0.15, -0.1) is 0 Å². The molecule has 59 heavy (non-hydrogen) atoms. The minimum absolute atomic E-state index is 0.142. The van der Waals surface area contributed by atoms with Crippen LogP contribution >= 0.6 is 12.6 Å². The van der Waals surface area contributed by atoms with Crippen LogP contribution in [0.1, 0.15) is 79.5 Å². The summed E-state index contributed by atoms with van der Waals surface area (Å²) in [7, 11) is 0. The summed E-state index contributed by atoms with van der Waals surface area (Å²) in [5.41, 5.74) is 8.69. The highest BCUT2D eigenvalue weighted by atomic mass is 32.1. The van der Waals surface area contributed by atoms with E-state index < -0.39 is 0 Å². The molecular formula is C45H53N11O2S. The van der Waals surface area contributed by atoms with Crippen LogP contribution in [0.4, 0.5) is 29.0 Å². The molecule has 1 aliphatic carbocycles. The van der Waals surface area contributed by atoms with Crippen LogP contribution in [-0.2, 0) is 22.7 Å². The summed E-state index contributed by atoms with van der Waals surface area (Å²) in [6.07, 6.45) is 9.78. The first-order chi connectivity index (χ1) is 28.9. The lowest BCUT2D eigenvalue weighted by Gasteiger charge is -2.43. The predicted octanol–water partition coefficient (Wildman–Crippen LogP) is 6.76. The van der Waals surface area contributed by atoms with Gasteiger partial charge in [-0.1, -0.05) is 49.2 Å². The number of imidazole rings is 1. The SMILES string of the molecule is O=C1CCC(N2Cc3c(CN4CCN(C5CCN(c6ccc(Nc7ncc8nc(Nc9ccccc9)n(C9CCCC9)c8n7)cc6)CC5)CC4)cccc3C2S)C(=O)N1. The number of benzene rings is 3. The Balaban J connectivity index is 0.720. The summed E-state index contributed by atoms with van der Waals surface area (Å²) in [6.45, 7) is 7.95. The van der Waals surface area contributed by atoms with E-state index in [9.17, 15) is 9.59 Å². The summed E-state index contributed by atoms with van der Waals surface area (Å²) < 4.78 is 2.28. The lowest BCUT2D eigenvalue weighted by Crippen LogP contribution is -2.53. The van der Waals surface area contributed by atoms with Gasteiger partial charge in [-0.25, -0.2) is 9.97 Å². The van der Waals surface area contributed by atoms with E-state index in [-0.39, 0.29) is 23.2 Å². The van der Waals surface area contributed by atoms with Crippen molar-refractivity contribution in [3.63, 3.8) is 0 Å². The van der Waals surface area contributed by atoms with Gasteiger partial charge in [0.1, 0.15) is 5.52 Å². The zero-order valence-electron chi connectivity index (χ0n) is 33.5. The molecule has 2 atom stereocenters. The summed E-state index contributed by atoms with van der Waals surface area (Å²) in [5, 5.41) is 9.37. The highest BCUT2D eigenvalue weighted by Crippen LogP contribution is 2.41. The number of para-hydroxylation sites is 1. The number of thiol groups is 1. The van der Waals surface area contributed by atoms with Crippen LogP contribution in [0.15, 0.2) is 79.0 Å². The standard InChI is InChI=1S/C45H53N11O2S/c57-40-18-17-39(42(58)50-40)55-29-37-30(7-6-12-36(37)43(55)59)28-52-23-25-54(26-24-52)34-19-21-53(22-20-34)33-15-13-32(14-16-33)47-44-46-27-38-41(51-44)56(35-10-4-5-11-35)45(49-38)48-31-8-2-1-3-9-31/h1-3,6-9,12-16,27,34-35,39,43,59H,4-5,10-11,17-26,28-29H2,(H,48,49)(H,46,47,51)(H,50,57,58). The van der Waals surface area contributed by atoms with Crippen molar-refractivity contribution in [2.45, 2.75) is 88.0 Å². The number of nitrogens with zero attached hydrogens (tertiary/aromatic N) is 8. The van der Waals surface area contributed by atoms with Gasteiger partial charge in [0.05, 0.1) is 17.6 Å². The molecule has 3 saturated heterocycles. The molecule has 2 amide bonds. The molecule has 6 heterocycles. The number of carbonyl (C=O) groups is 2. The van der Waals surface area contributed by atoms with Crippen molar-refractivity contribution >= 4 is 64.6 Å². The smallest absolute Gasteiger partial charge is 0.243 e. The average molecular weight is 812 g/mol. The molecule has 10 rings (SSSR count). The average Bonchev–Trinajstić information content (AvgIpc) is 4.00. The first-order valence-electron chi connectivity index (χ1n) is 21.5. The van der Waals surface area contributed by atoms with Gasteiger partial charge in [-0.2, -0.15) is 17.6 Å². The maximum Gasteiger partial charge on any atom is 0.243 e. The van der Waals surface area contributed by atoms with Crippen molar-refractivity contribution in [3.05, 3.63) is 95.7 Å². The quantitative estimate of drug-likeness (QED) is 0.0883. The van der Waals surface area contributed by atoms with Crippen LogP contribution in [0, 0.1) is 0 Å². The van der Waals surface area contributed by atoms with Gasteiger partial charge in [-0.3, -0.25) is 34.2 Å². The van der Waals surface area contributed by atoms with Gasteiger partial charge in [0, 0.05) is 87.9 Å². The molecule has 3 aromatic carbocycles. The lowest BCUT2D eigenvalue weighted by atomic mass is 10.0. The number of amides is 2. The van der Waals surface area contributed by atoms with E-state index in [1.165, 1.54) is 35.2 Å². The van der Waals surface area contributed by atoms with E-state index in [0.717, 1.165) is 100.0 Å². The molecule has 5 aromatic rings. The maximum absolute atomic E-state index is 12.7. The summed E-state index contributed by atoms with van der Waals surface area (Å²) in [5.74, 6) is 1.02. The Morgan fingerprint density at radius 2 is 1.53 bits per heavy atom. The van der Waals surface area contributed by atoms with Gasteiger partial charge < -0.3 is 15.5 Å². The molecule has 306 valence electrons. The third-order valence-electron chi connectivity index (χ3n) is 13.3. The van der Waals surface area contributed by atoms with Crippen LogP contribution in [0.5, 0.6) is 0 Å². The van der Waals surface area contributed by atoms with E-state index in [0.29, 0.717) is 37.4 Å². The number of nitrogens with one attached hydrogen (secondary N) is 3. The number of carbonyl (C=O) groups excluding carboxylic acids is 2. The minimum Gasteiger partial charge on any atom is -0.371 e. The topological polar surface area (TPSA) is 127 Å². The Labute approximate surface area is 351 Å². The molecule has 13 nitrogen and oxygen atoms in total. The monoisotopic (exact) mass is 811 g/mol. The van der Waals surface area contributed by atoms with Gasteiger partial charge in [-0.05, 0) is 85.2 Å². The lowest BCUT2D eigenvalue weighted by molar-refractivity contribution is -0.137. The second-order valence-corrected chi connectivity index (χ2v) is 17.3. The third-order valence-corrected chi connectivity index (χ3v) is 13.9.